The molecule has 0 radical (unpaired) electrons. The van der Waals surface area contributed by atoms with Crippen molar-refractivity contribution < 1.29 is 18.3 Å². The molecule has 0 spiro atoms. The minimum atomic E-state index is -0.854. The summed E-state index contributed by atoms with van der Waals surface area (Å²) in [5, 5.41) is 7.69. The van der Waals surface area contributed by atoms with Crippen LogP contribution in [0.4, 0.5) is 20.3 Å². The fourth-order valence-corrected chi connectivity index (χ4v) is 4.47. The van der Waals surface area contributed by atoms with Gasteiger partial charge in [0.25, 0.3) is 0 Å². The molecule has 0 aliphatic carbocycles. The second kappa shape index (κ2) is 9.72. The minimum Gasteiger partial charge on any atom is -0.455 e. The molecule has 5 rings (SSSR count). The molecule has 10 nitrogen and oxygen atoms in total. The molecule has 1 saturated heterocycles. The number of rotatable bonds is 6. The number of nitrogens with zero attached hydrogens (tertiary/aromatic N) is 6. The summed E-state index contributed by atoms with van der Waals surface area (Å²) >= 11 is 0. The van der Waals surface area contributed by atoms with Gasteiger partial charge in [0.15, 0.2) is 22.9 Å². The Morgan fingerprint density at radius 1 is 1.22 bits per heavy atom. The van der Waals surface area contributed by atoms with E-state index in [4.69, 9.17) is 10.5 Å². The SMILES string of the molecule is C=CC(=O)N1CCCC(n2nc(-c3ccc(Oc4cccc(F)c4N=O)cc3F)c3c(N)ncnc32)C1. The fraction of sp³-hybridized carbons (Fsp3) is 0.200. The zero-order valence-electron chi connectivity index (χ0n) is 19.5. The molecule has 2 aromatic heterocycles. The van der Waals surface area contributed by atoms with Gasteiger partial charge in [-0.1, -0.05) is 12.6 Å². The number of amides is 1. The lowest BCUT2D eigenvalue weighted by atomic mass is 10.1. The number of hydrogen-bond donors (Lipinski definition) is 1. The molecule has 1 aliphatic rings. The van der Waals surface area contributed by atoms with Crippen LogP contribution < -0.4 is 10.5 Å². The van der Waals surface area contributed by atoms with Crippen molar-refractivity contribution in [1.82, 2.24) is 24.6 Å². The molecule has 1 aliphatic heterocycles. The first-order chi connectivity index (χ1) is 17.9. The van der Waals surface area contributed by atoms with Gasteiger partial charge in [0.05, 0.1) is 11.4 Å². The highest BCUT2D eigenvalue weighted by molar-refractivity contribution is 5.98. The van der Waals surface area contributed by atoms with E-state index < -0.39 is 17.3 Å². The highest BCUT2D eigenvalue weighted by atomic mass is 19.1. The Bertz CT molecular complexity index is 1540. The summed E-state index contributed by atoms with van der Waals surface area (Å²) in [6.45, 7) is 4.55. The lowest BCUT2D eigenvalue weighted by Gasteiger charge is -2.32. The van der Waals surface area contributed by atoms with E-state index in [1.807, 2.05) is 0 Å². The van der Waals surface area contributed by atoms with Crippen LogP contribution >= 0.6 is 0 Å². The largest absolute Gasteiger partial charge is 0.455 e. The molecular formula is C25H21F2N7O3. The third-order valence-electron chi connectivity index (χ3n) is 6.21. The van der Waals surface area contributed by atoms with E-state index in [2.05, 4.69) is 26.8 Å². The van der Waals surface area contributed by atoms with Crippen molar-refractivity contribution in [2.24, 2.45) is 5.18 Å². The number of fused-ring (bicyclic) bond motifs is 1. The third-order valence-corrected chi connectivity index (χ3v) is 6.21. The van der Waals surface area contributed by atoms with Gasteiger partial charge in [0.2, 0.25) is 5.91 Å². The molecule has 4 aromatic rings. The maximum absolute atomic E-state index is 15.4. The number of nitrogen functional groups attached to an aromatic ring is 1. The summed E-state index contributed by atoms with van der Waals surface area (Å²) in [5.74, 6) is -1.73. The topological polar surface area (TPSA) is 129 Å². The number of hydrogen-bond acceptors (Lipinski definition) is 8. The van der Waals surface area contributed by atoms with Crippen LogP contribution in [-0.4, -0.2) is 43.6 Å². The van der Waals surface area contributed by atoms with Crippen molar-refractivity contribution in [2.75, 3.05) is 18.8 Å². The Morgan fingerprint density at radius 2 is 2.05 bits per heavy atom. The van der Waals surface area contributed by atoms with Crippen LogP contribution in [0.1, 0.15) is 18.9 Å². The lowest BCUT2D eigenvalue weighted by Crippen LogP contribution is -2.40. The number of nitrogens with two attached hydrogens (primary N) is 1. The van der Waals surface area contributed by atoms with Gasteiger partial charge in [-0.15, -0.1) is 4.91 Å². The van der Waals surface area contributed by atoms with Gasteiger partial charge in [0, 0.05) is 24.7 Å². The third kappa shape index (κ3) is 4.37. The molecule has 0 saturated carbocycles. The number of likely N-dealkylation sites (tertiary alicyclic amines) is 1. The number of piperidine rings is 1. The monoisotopic (exact) mass is 505 g/mol. The van der Waals surface area contributed by atoms with Gasteiger partial charge in [0.1, 0.15) is 29.4 Å². The number of carbonyl (C=O) groups excluding carboxylic acids is 1. The molecule has 1 fully saturated rings. The highest BCUT2D eigenvalue weighted by Gasteiger charge is 2.28. The summed E-state index contributed by atoms with van der Waals surface area (Å²) < 4.78 is 36.4. The first kappa shape index (κ1) is 24.0. The second-order valence-electron chi connectivity index (χ2n) is 8.46. The van der Waals surface area contributed by atoms with Gasteiger partial charge in [-0.2, -0.15) is 5.10 Å². The number of anilines is 1. The maximum atomic E-state index is 15.4. The van der Waals surface area contributed by atoms with Gasteiger partial charge >= 0.3 is 0 Å². The van der Waals surface area contributed by atoms with E-state index in [-0.39, 0.29) is 40.5 Å². The van der Waals surface area contributed by atoms with Gasteiger partial charge in [-0.25, -0.2) is 23.4 Å². The standard InChI is InChI=1S/C25H21F2N7O3/c1-2-20(35)33-10-4-5-14(12-33)34-25-21(24(28)29-13-30-25)22(31-34)16-9-8-15(11-18(16)27)37-19-7-3-6-17(26)23(19)32-36/h2-3,6-9,11,13-14H,1,4-5,10,12H2,(H2,28,29,30). The molecule has 37 heavy (non-hydrogen) atoms. The van der Waals surface area contributed by atoms with Gasteiger partial charge < -0.3 is 15.4 Å². The van der Waals surface area contributed by atoms with E-state index in [1.54, 1.807) is 9.58 Å². The first-order valence-corrected chi connectivity index (χ1v) is 11.4. The molecule has 188 valence electrons. The zero-order valence-corrected chi connectivity index (χ0v) is 19.5. The van der Waals surface area contributed by atoms with Crippen molar-refractivity contribution in [3.05, 3.63) is 71.9 Å². The van der Waals surface area contributed by atoms with Gasteiger partial charge in [-0.3, -0.25) is 4.79 Å². The number of halogens is 2. The quantitative estimate of drug-likeness (QED) is 0.292. The smallest absolute Gasteiger partial charge is 0.246 e. The van der Waals surface area contributed by atoms with Crippen LogP contribution in [-0.2, 0) is 4.79 Å². The number of ether oxygens (including phenoxy) is 1. The molecule has 2 aromatic carbocycles. The number of aromatic nitrogens is 4. The van der Waals surface area contributed by atoms with Crippen molar-refractivity contribution in [1.29, 1.82) is 0 Å². The predicted octanol–water partition coefficient (Wildman–Crippen LogP) is 4.89. The van der Waals surface area contributed by atoms with Crippen LogP contribution in [0.15, 0.2) is 60.6 Å². The second-order valence-corrected chi connectivity index (χ2v) is 8.46. The van der Waals surface area contributed by atoms with E-state index in [0.717, 1.165) is 25.0 Å². The van der Waals surface area contributed by atoms with Crippen LogP contribution in [0.5, 0.6) is 11.5 Å². The van der Waals surface area contributed by atoms with E-state index in [0.29, 0.717) is 24.1 Å². The molecule has 3 heterocycles. The number of carbonyl (C=O) groups is 1. The number of nitroso groups, excluding NO2 is 1. The predicted molar refractivity (Wildman–Crippen MR) is 132 cm³/mol. The number of benzene rings is 2. The Balaban J connectivity index is 1.54. The van der Waals surface area contributed by atoms with Crippen molar-refractivity contribution >= 4 is 28.4 Å². The van der Waals surface area contributed by atoms with E-state index >= 15 is 4.39 Å². The Labute approximate surface area is 209 Å². The Hall–Kier alpha value is -4.74. The molecule has 1 amide bonds. The summed E-state index contributed by atoms with van der Waals surface area (Å²) in [7, 11) is 0. The normalized spacial score (nSPS) is 15.5. The van der Waals surface area contributed by atoms with Crippen LogP contribution in [0.2, 0.25) is 0 Å². The summed E-state index contributed by atoms with van der Waals surface area (Å²) in [6.07, 6.45) is 4.06. The lowest BCUT2D eigenvalue weighted by molar-refractivity contribution is -0.127. The molecule has 1 unspecified atom stereocenters. The van der Waals surface area contributed by atoms with Crippen molar-refractivity contribution in [3.8, 4) is 22.8 Å². The fourth-order valence-electron chi connectivity index (χ4n) is 4.47. The molecule has 0 bridgehead atoms. The molecular weight excluding hydrogens is 484 g/mol. The maximum Gasteiger partial charge on any atom is 0.246 e. The van der Waals surface area contributed by atoms with Crippen molar-refractivity contribution in [3.63, 3.8) is 0 Å². The zero-order chi connectivity index (χ0) is 26.1. The molecule has 1 atom stereocenters. The Morgan fingerprint density at radius 3 is 2.81 bits per heavy atom. The van der Waals surface area contributed by atoms with Crippen LogP contribution in [0, 0.1) is 16.5 Å². The van der Waals surface area contributed by atoms with E-state index in [9.17, 15) is 14.1 Å². The minimum absolute atomic E-state index is 0.0237. The average Bonchev–Trinajstić information content (AvgIpc) is 3.29. The van der Waals surface area contributed by atoms with Gasteiger partial charge in [-0.05, 0) is 48.4 Å². The van der Waals surface area contributed by atoms with Crippen molar-refractivity contribution in [2.45, 2.75) is 18.9 Å². The van der Waals surface area contributed by atoms with Crippen LogP contribution in [0.25, 0.3) is 22.3 Å². The Kier molecular flexibility index (Phi) is 6.30. The van der Waals surface area contributed by atoms with E-state index in [1.165, 1.54) is 36.7 Å². The highest BCUT2D eigenvalue weighted by Crippen LogP contribution is 2.38. The van der Waals surface area contributed by atoms with Crippen LogP contribution in [0.3, 0.4) is 0 Å². The molecule has 2 N–H and O–H groups in total. The summed E-state index contributed by atoms with van der Waals surface area (Å²) in [5.41, 5.74) is 6.40. The summed E-state index contributed by atoms with van der Waals surface area (Å²) in [6, 6.07) is 7.53. The average molecular weight is 505 g/mol. The first-order valence-electron chi connectivity index (χ1n) is 11.4. The molecule has 12 heteroatoms. The summed E-state index contributed by atoms with van der Waals surface area (Å²) in [4.78, 5) is 33.3.